The molecule has 0 bridgehead atoms. The minimum absolute atomic E-state index is 0.0171. The molecule has 0 radical (unpaired) electrons. The standard InChI is InChI=1S/C12H25N3/c1-10(2,3)15-9(13)14-8-11(4,5)12(8,6)7/h8H,1-7H3,(H3,13,14,15). The zero-order chi connectivity index (χ0) is 12.1. The van der Waals surface area contributed by atoms with Gasteiger partial charge in [-0.05, 0) is 31.6 Å². The van der Waals surface area contributed by atoms with Gasteiger partial charge in [0.1, 0.15) is 0 Å². The van der Waals surface area contributed by atoms with Crippen LogP contribution in [0, 0.1) is 10.8 Å². The molecule has 0 aromatic rings. The second-order valence-corrected chi connectivity index (χ2v) is 6.74. The van der Waals surface area contributed by atoms with Crippen LogP contribution in [0.5, 0.6) is 0 Å². The Morgan fingerprint density at radius 1 is 1.13 bits per heavy atom. The molecule has 0 aromatic heterocycles. The first-order valence-corrected chi connectivity index (χ1v) is 5.60. The summed E-state index contributed by atoms with van der Waals surface area (Å²) in [6.45, 7) is 15.2. The highest BCUT2D eigenvalue weighted by Crippen LogP contribution is 2.64. The summed E-state index contributed by atoms with van der Waals surface area (Å²) >= 11 is 0. The largest absolute Gasteiger partial charge is 0.370 e. The van der Waals surface area contributed by atoms with Crippen molar-refractivity contribution in [2.45, 2.75) is 60.0 Å². The van der Waals surface area contributed by atoms with Crippen molar-refractivity contribution in [1.29, 1.82) is 0 Å². The van der Waals surface area contributed by atoms with E-state index in [0.29, 0.717) is 12.0 Å². The zero-order valence-corrected chi connectivity index (χ0v) is 11.1. The molecule has 3 N–H and O–H groups in total. The maximum absolute atomic E-state index is 5.88. The molecule has 1 saturated carbocycles. The van der Waals surface area contributed by atoms with Gasteiger partial charge < -0.3 is 11.1 Å². The number of guanidine groups is 1. The van der Waals surface area contributed by atoms with Crippen LogP contribution in [0.4, 0.5) is 0 Å². The Morgan fingerprint density at radius 3 is 1.80 bits per heavy atom. The summed E-state index contributed by atoms with van der Waals surface area (Å²) < 4.78 is 0. The van der Waals surface area contributed by atoms with Gasteiger partial charge in [0.25, 0.3) is 0 Å². The monoisotopic (exact) mass is 211 g/mol. The second-order valence-electron chi connectivity index (χ2n) is 6.74. The highest BCUT2D eigenvalue weighted by Gasteiger charge is 2.65. The van der Waals surface area contributed by atoms with Crippen molar-refractivity contribution in [3.63, 3.8) is 0 Å². The van der Waals surface area contributed by atoms with Gasteiger partial charge in [0.05, 0.1) is 6.04 Å². The van der Waals surface area contributed by atoms with E-state index in [1.165, 1.54) is 0 Å². The number of hydrogen-bond acceptors (Lipinski definition) is 1. The summed E-state index contributed by atoms with van der Waals surface area (Å²) in [6, 6.07) is 0.333. The molecule has 0 heterocycles. The highest BCUT2D eigenvalue weighted by atomic mass is 15.2. The molecule has 0 atom stereocenters. The fraction of sp³-hybridized carbons (Fsp3) is 0.917. The van der Waals surface area contributed by atoms with Gasteiger partial charge in [-0.2, -0.15) is 0 Å². The summed E-state index contributed by atoms with van der Waals surface area (Å²) in [6.07, 6.45) is 0. The van der Waals surface area contributed by atoms with Crippen molar-refractivity contribution in [2.75, 3.05) is 0 Å². The predicted octanol–water partition coefficient (Wildman–Crippen LogP) is 2.12. The highest BCUT2D eigenvalue weighted by molar-refractivity contribution is 5.79. The van der Waals surface area contributed by atoms with E-state index in [1.54, 1.807) is 0 Å². The van der Waals surface area contributed by atoms with Crippen LogP contribution in [0.1, 0.15) is 48.5 Å². The molecular weight excluding hydrogens is 186 g/mol. The average Bonchev–Trinajstić information content (AvgIpc) is 2.28. The van der Waals surface area contributed by atoms with Gasteiger partial charge in [0, 0.05) is 5.54 Å². The first-order valence-electron chi connectivity index (χ1n) is 5.60. The SMILES string of the molecule is CC(C)(C)NC(N)=NC1C(C)(C)C1(C)C. The van der Waals surface area contributed by atoms with Crippen LogP contribution in [0.2, 0.25) is 0 Å². The summed E-state index contributed by atoms with van der Waals surface area (Å²) in [5, 5.41) is 3.19. The number of nitrogens with one attached hydrogen (secondary N) is 1. The molecule has 3 heteroatoms. The smallest absolute Gasteiger partial charge is 0.189 e. The molecule has 0 unspecified atom stereocenters. The van der Waals surface area contributed by atoms with E-state index in [-0.39, 0.29) is 16.4 Å². The number of rotatable bonds is 1. The lowest BCUT2D eigenvalue weighted by Crippen LogP contribution is -2.45. The van der Waals surface area contributed by atoms with E-state index in [4.69, 9.17) is 5.73 Å². The fourth-order valence-corrected chi connectivity index (χ4v) is 2.04. The third kappa shape index (κ3) is 2.27. The summed E-state index contributed by atoms with van der Waals surface area (Å²) in [5.74, 6) is 0.561. The van der Waals surface area contributed by atoms with Crippen LogP contribution in [-0.4, -0.2) is 17.5 Å². The maximum Gasteiger partial charge on any atom is 0.189 e. The van der Waals surface area contributed by atoms with Crippen molar-refractivity contribution < 1.29 is 0 Å². The maximum atomic E-state index is 5.88. The summed E-state index contributed by atoms with van der Waals surface area (Å²) in [4.78, 5) is 4.56. The molecule has 1 aliphatic rings. The third-order valence-corrected chi connectivity index (χ3v) is 3.72. The Hall–Kier alpha value is -0.730. The van der Waals surface area contributed by atoms with Gasteiger partial charge >= 0.3 is 0 Å². The normalized spacial score (nSPS) is 25.1. The first kappa shape index (κ1) is 12.3. The minimum atomic E-state index is -0.0171. The van der Waals surface area contributed by atoms with Gasteiger partial charge in [-0.25, -0.2) is 4.99 Å². The molecule has 1 aliphatic carbocycles. The Bertz CT molecular complexity index is 268. The van der Waals surface area contributed by atoms with Gasteiger partial charge in [0.15, 0.2) is 5.96 Å². The third-order valence-electron chi connectivity index (χ3n) is 3.72. The average molecular weight is 211 g/mol. The topological polar surface area (TPSA) is 50.4 Å². The quantitative estimate of drug-likeness (QED) is 0.515. The van der Waals surface area contributed by atoms with Crippen molar-refractivity contribution in [3.05, 3.63) is 0 Å². The van der Waals surface area contributed by atoms with Crippen LogP contribution < -0.4 is 11.1 Å². The second kappa shape index (κ2) is 3.13. The number of nitrogens with zero attached hydrogens (tertiary/aromatic N) is 1. The lowest BCUT2D eigenvalue weighted by Gasteiger charge is -2.21. The molecule has 0 saturated heterocycles. The molecule has 0 aromatic carbocycles. The van der Waals surface area contributed by atoms with E-state index >= 15 is 0 Å². The van der Waals surface area contributed by atoms with Crippen LogP contribution >= 0.6 is 0 Å². The summed E-state index contributed by atoms with van der Waals surface area (Å²) in [5.41, 5.74) is 6.39. The Balaban J connectivity index is 2.68. The van der Waals surface area contributed by atoms with Crippen molar-refractivity contribution in [2.24, 2.45) is 21.6 Å². The van der Waals surface area contributed by atoms with Crippen LogP contribution in [0.3, 0.4) is 0 Å². The molecular formula is C12H25N3. The molecule has 3 nitrogen and oxygen atoms in total. The molecule has 0 spiro atoms. The number of hydrogen-bond donors (Lipinski definition) is 2. The molecule has 1 rings (SSSR count). The van der Waals surface area contributed by atoms with Crippen molar-refractivity contribution in [1.82, 2.24) is 5.32 Å². The van der Waals surface area contributed by atoms with Crippen LogP contribution in [0.15, 0.2) is 4.99 Å². The first-order chi connectivity index (χ1) is 6.48. The molecule has 1 fully saturated rings. The van der Waals surface area contributed by atoms with Gasteiger partial charge in [-0.15, -0.1) is 0 Å². The van der Waals surface area contributed by atoms with Crippen LogP contribution in [0.25, 0.3) is 0 Å². The van der Waals surface area contributed by atoms with E-state index in [2.05, 4.69) is 58.8 Å². The van der Waals surface area contributed by atoms with E-state index < -0.39 is 0 Å². The minimum Gasteiger partial charge on any atom is -0.370 e. The Labute approximate surface area is 93.5 Å². The van der Waals surface area contributed by atoms with Crippen molar-refractivity contribution >= 4 is 5.96 Å². The fourth-order valence-electron chi connectivity index (χ4n) is 2.04. The lowest BCUT2D eigenvalue weighted by molar-refractivity contribution is 0.457. The summed E-state index contributed by atoms with van der Waals surface area (Å²) in [7, 11) is 0. The van der Waals surface area contributed by atoms with Crippen LogP contribution in [-0.2, 0) is 0 Å². The lowest BCUT2D eigenvalue weighted by atomic mass is 10.0. The Kier molecular flexibility index (Phi) is 2.57. The van der Waals surface area contributed by atoms with Crippen molar-refractivity contribution in [3.8, 4) is 0 Å². The molecule has 0 aliphatic heterocycles. The Morgan fingerprint density at radius 2 is 1.53 bits per heavy atom. The predicted molar refractivity (Wildman–Crippen MR) is 65.9 cm³/mol. The zero-order valence-electron chi connectivity index (χ0n) is 11.1. The van der Waals surface area contributed by atoms with Gasteiger partial charge in [-0.3, -0.25) is 0 Å². The molecule has 88 valence electrons. The molecule has 0 amide bonds. The molecule has 15 heavy (non-hydrogen) atoms. The number of aliphatic imine (C=N–C) groups is 1. The van der Waals surface area contributed by atoms with Gasteiger partial charge in [0.2, 0.25) is 0 Å². The van der Waals surface area contributed by atoms with E-state index in [9.17, 15) is 0 Å². The number of nitrogens with two attached hydrogens (primary N) is 1. The van der Waals surface area contributed by atoms with E-state index in [0.717, 1.165) is 0 Å². The van der Waals surface area contributed by atoms with Gasteiger partial charge in [-0.1, -0.05) is 27.7 Å². The van der Waals surface area contributed by atoms with E-state index in [1.807, 2.05) is 0 Å².